The Morgan fingerprint density at radius 3 is 2.58 bits per heavy atom. The van der Waals surface area contributed by atoms with E-state index in [9.17, 15) is 22.9 Å². The summed E-state index contributed by atoms with van der Waals surface area (Å²) in [5, 5.41) is 14.4. The van der Waals surface area contributed by atoms with E-state index in [1.807, 2.05) is 4.90 Å². The minimum absolute atomic E-state index is 0.105. The predicted octanol–water partition coefficient (Wildman–Crippen LogP) is 2.68. The molecule has 3 aromatic rings. The van der Waals surface area contributed by atoms with E-state index in [2.05, 4.69) is 15.0 Å². The Labute approximate surface area is 191 Å². The summed E-state index contributed by atoms with van der Waals surface area (Å²) >= 11 is 0. The number of hydrogen-bond donors (Lipinski definition) is 2. The first-order valence-electron chi connectivity index (χ1n) is 10.0. The lowest BCUT2D eigenvalue weighted by Gasteiger charge is -2.13. The maximum absolute atomic E-state index is 14.6. The summed E-state index contributed by atoms with van der Waals surface area (Å²) in [7, 11) is -0.291. The number of nitrogens with zero attached hydrogens (tertiary/aromatic N) is 4. The summed E-state index contributed by atoms with van der Waals surface area (Å²) in [6.45, 7) is 2.52. The van der Waals surface area contributed by atoms with Gasteiger partial charge in [0.2, 0.25) is 10.0 Å². The summed E-state index contributed by atoms with van der Waals surface area (Å²) in [5.74, 6) is 0.178. The van der Waals surface area contributed by atoms with Crippen molar-refractivity contribution in [1.29, 1.82) is 0 Å². The van der Waals surface area contributed by atoms with Crippen molar-refractivity contribution in [2.75, 3.05) is 32.5 Å². The fourth-order valence-corrected chi connectivity index (χ4v) is 4.19. The van der Waals surface area contributed by atoms with Crippen LogP contribution in [-0.4, -0.2) is 55.0 Å². The van der Waals surface area contributed by atoms with Crippen molar-refractivity contribution in [3.63, 3.8) is 0 Å². The quantitative estimate of drug-likeness (QED) is 0.341. The molecule has 0 aliphatic heterocycles. The molecule has 0 bridgehead atoms. The van der Waals surface area contributed by atoms with Crippen LogP contribution in [0.25, 0.3) is 5.69 Å². The van der Waals surface area contributed by atoms with Crippen molar-refractivity contribution >= 4 is 21.4 Å². The van der Waals surface area contributed by atoms with E-state index in [0.29, 0.717) is 23.6 Å². The molecule has 0 saturated carbocycles. The van der Waals surface area contributed by atoms with Crippen LogP contribution in [0.4, 0.5) is 15.8 Å². The smallest absolute Gasteiger partial charge is 0.293 e. The summed E-state index contributed by atoms with van der Waals surface area (Å²) in [5.41, 5.74) is 0.639. The minimum Gasteiger partial charge on any atom is -0.375 e. The molecule has 0 spiro atoms. The molecule has 0 amide bonds. The van der Waals surface area contributed by atoms with Gasteiger partial charge in [-0.3, -0.25) is 10.1 Å². The highest BCUT2D eigenvalue weighted by molar-refractivity contribution is 7.89. The topological polar surface area (TPSA) is 122 Å². The van der Waals surface area contributed by atoms with Crippen LogP contribution in [0.3, 0.4) is 0 Å². The van der Waals surface area contributed by atoms with Crippen molar-refractivity contribution in [2.24, 2.45) is 0 Å². The molecule has 0 atom stereocenters. The molecule has 0 saturated heterocycles. The largest absolute Gasteiger partial charge is 0.375 e. The fourth-order valence-electron chi connectivity index (χ4n) is 3.15. The Morgan fingerprint density at radius 2 is 1.97 bits per heavy atom. The van der Waals surface area contributed by atoms with E-state index in [4.69, 9.17) is 0 Å². The van der Waals surface area contributed by atoms with Crippen LogP contribution in [0.15, 0.2) is 53.7 Å². The Hall–Kier alpha value is -3.35. The molecular weight excluding hydrogens is 451 g/mol. The van der Waals surface area contributed by atoms with Gasteiger partial charge < -0.3 is 14.8 Å². The number of nitro benzene ring substituents is 1. The van der Waals surface area contributed by atoms with E-state index in [0.717, 1.165) is 6.07 Å². The van der Waals surface area contributed by atoms with Gasteiger partial charge in [-0.05, 0) is 50.8 Å². The number of aromatic nitrogens is 2. The zero-order chi connectivity index (χ0) is 24.2. The number of sulfonamides is 1. The van der Waals surface area contributed by atoms with E-state index in [1.165, 1.54) is 18.2 Å². The Kier molecular flexibility index (Phi) is 7.41. The SMILES string of the molecule is Cc1nccn1-c1ccc(CNc2ccc(S(=O)(=O)NCCN(C)C)cc2[N+](=O)[O-])cc1F. The fraction of sp³-hybridized carbons (Fsp3) is 0.286. The first-order valence-corrected chi connectivity index (χ1v) is 11.5. The molecule has 0 radical (unpaired) electrons. The number of aryl methyl sites for hydroxylation is 1. The van der Waals surface area contributed by atoms with Crippen molar-refractivity contribution in [1.82, 2.24) is 19.2 Å². The van der Waals surface area contributed by atoms with Crippen LogP contribution in [0, 0.1) is 22.9 Å². The van der Waals surface area contributed by atoms with Crippen molar-refractivity contribution in [3.8, 4) is 5.69 Å². The molecule has 0 unspecified atom stereocenters. The average molecular weight is 477 g/mol. The monoisotopic (exact) mass is 476 g/mol. The minimum atomic E-state index is -3.90. The lowest BCUT2D eigenvalue weighted by Crippen LogP contribution is -2.31. The molecule has 10 nitrogen and oxygen atoms in total. The summed E-state index contributed by atoms with van der Waals surface area (Å²) in [6.07, 6.45) is 3.23. The summed E-state index contributed by atoms with van der Waals surface area (Å²) in [4.78, 5) is 16.6. The zero-order valence-electron chi connectivity index (χ0n) is 18.4. The van der Waals surface area contributed by atoms with Crippen LogP contribution in [-0.2, 0) is 16.6 Å². The molecule has 176 valence electrons. The van der Waals surface area contributed by atoms with Crippen LogP contribution in [0.1, 0.15) is 11.4 Å². The number of nitro groups is 1. The van der Waals surface area contributed by atoms with Crippen molar-refractivity contribution in [2.45, 2.75) is 18.4 Å². The Balaban J connectivity index is 1.77. The van der Waals surface area contributed by atoms with Gasteiger partial charge >= 0.3 is 0 Å². The van der Waals surface area contributed by atoms with Gasteiger partial charge in [-0.1, -0.05) is 6.07 Å². The van der Waals surface area contributed by atoms with Gasteiger partial charge in [0.15, 0.2) is 0 Å². The Bertz CT molecular complexity index is 1260. The van der Waals surface area contributed by atoms with Gasteiger partial charge in [-0.25, -0.2) is 22.5 Å². The number of likely N-dealkylation sites (N-methyl/N-ethyl adjacent to an activating group) is 1. The van der Waals surface area contributed by atoms with E-state index >= 15 is 0 Å². The molecular formula is C21H25FN6O4S. The van der Waals surface area contributed by atoms with Crippen LogP contribution in [0.5, 0.6) is 0 Å². The molecule has 0 aliphatic rings. The van der Waals surface area contributed by atoms with E-state index in [1.54, 1.807) is 50.1 Å². The molecule has 33 heavy (non-hydrogen) atoms. The second-order valence-corrected chi connectivity index (χ2v) is 9.39. The molecule has 1 heterocycles. The highest BCUT2D eigenvalue weighted by Gasteiger charge is 2.21. The normalized spacial score (nSPS) is 11.7. The number of halogens is 1. The Morgan fingerprint density at radius 1 is 1.21 bits per heavy atom. The number of hydrogen-bond acceptors (Lipinski definition) is 7. The number of anilines is 1. The van der Waals surface area contributed by atoms with E-state index in [-0.39, 0.29) is 23.7 Å². The van der Waals surface area contributed by atoms with Gasteiger partial charge in [0.25, 0.3) is 5.69 Å². The predicted molar refractivity (Wildman–Crippen MR) is 122 cm³/mol. The van der Waals surface area contributed by atoms with Gasteiger partial charge in [-0.2, -0.15) is 0 Å². The number of rotatable bonds is 10. The standard InChI is InChI=1S/C21H25FN6O4S/c1-15-23-8-11-27(15)20-7-4-16(12-18(20)22)14-24-19-6-5-17(13-21(19)28(29)30)33(31,32)25-9-10-26(2)3/h4-8,11-13,24-25H,9-10,14H2,1-3H3. The molecule has 0 fully saturated rings. The first kappa shape index (κ1) is 24.3. The third-order valence-electron chi connectivity index (χ3n) is 4.91. The van der Waals surface area contributed by atoms with Gasteiger partial charge in [-0.15, -0.1) is 0 Å². The summed E-state index contributed by atoms with van der Waals surface area (Å²) < 4.78 is 43.5. The highest BCUT2D eigenvalue weighted by Crippen LogP contribution is 2.28. The molecule has 12 heteroatoms. The molecule has 2 aromatic carbocycles. The van der Waals surface area contributed by atoms with E-state index < -0.39 is 26.5 Å². The second kappa shape index (κ2) is 10.1. The molecule has 1 aromatic heterocycles. The molecule has 0 aliphatic carbocycles. The average Bonchev–Trinajstić information content (AvgIpc) is 3.17. The molecule has 3 rings (SSSR count). The lowest BCUT2D eigenvalue weighted by atomic mass is 10.1. The number of benzene rings is 2. The van der Waals surface area contributed by atoms with Crippen LogP contribution < -0.4 is 10.0 Å². The third-order valence-corrected chi connectivity index (χ3v) is 6.37. The first-order chi connectivity index (χ1) is 15.6. The number of imidazole rings is 1. The highest BCUT2D eigenvalue weighted by atomic mass is 32.2. The number of nitrogens with one attached hydrogen (secondary N) is 2. The van der Waals surface area contributed by atoms with Gasteiger partial charge in [0, 0.05) is 38.1 Å². The van der Waals surface area contributed by atoms with Crippen LogP contribution in [0.2, 0.25) is 0 Å². The maximum atomic E-state index is 14.6. The van der Waals surface area contributed by atoms with Crippen LogP contribution >= 0.6 is 0 Å². The zero-order valence-corrected chi connectivity index (χ0v) is 19.3. The second-order valence-electron chi connectivity index (χ2n) is 7.62. The summed E-state index contributed by atoms with van der Waals surface area (Å²) in [6, 6.07) is 8.26. The van der Waals surface area contributed by atoms with Gasteiger partial charge in [0.1, 0.15) is 17.3 Å². The van der Waals surface area contributed by atoms with Gasteiger partial charge in [0.05, 0.1) is 15.5 Å². The third kappa shape index (κ3) is 5.92. The maximum Gasteiger partial charge on any atom is 0.293 e. The van der Waals surface area contributed by atoms with Crippen molar-refractivity contribution < 1.29 is 17.7 Å². The molecule has 2 N–H and O–H groups in total. The van der Waals surface area contributed by atoms with Crippen molar-refractivity contribution in [3.05, 3.63) is 76.1 Å². The lowest BCUT2D eigenvalue weighted by molar-refractivity contribution is -0.384.